The molecule has 0 radical (unpaired) electrons. The molecule has 0 unspecified atom stereocenters. The summed E-state index contributed by atoms with van der Waals surface area (Å²) in [6.07, 6.45) is 10.8. The van der Waals surface area contributed by atoms with Gasteiger partial charge in [-0.1, -0.05) is 32.1 Å². The fraction of sp³-hybridized carbons (Fsp3) is 0.714. The first-order valence-corrected chi connectivity index (χ1v) is 20.6. The van der Waals surface area contributed by atoms with Crippen molar-refractivity contribution in [3.05, 3.63) is 30.0 Å². The number of esters is 1. The van der Waals surface area contributed by atoms with Crippen LogP contribution >= 0.6 is 0 Å². The number of carbonyl (C=O) groups is 4. The number of benzene rings is 1. The summed E-state index contributed by atoms with van der Waals surface area (Å²) in [7, 11) is 0. The van der Waals surface area contributed by atoms with Gasteiger partial charge in [0.15, 0.2) is 5.72 Å². The number of ether oxygens (including phenoxy) is 2. The minimum atomic E-state index is -2.77. The van der Waals surface area contributed by atoms with Crippen molar-refractivity contribution in [3.8, 4) is 0 Å². The lowest BCUT2D eigenvalue weighted by molar-refractivity contribution is -0.142. The first-order chi connectivity index (χ1) is 25.7. The Kier molecular flexibility index (Phi) is 9.73. The van der Waals surface area contributed by atoms with Crippen molar-refractivity contribution in [1.82, 2.24) is 14.8 Å². The number of anilines is 1. The summed E-state index contributed by atoms with van der Waals surface area (Å²) in [4.78, 5) is 56.3. The van der Waals surface area contributed by atoms with E-state index in [9.17, 15) is 28.0 Å². The molecule has 1 aromatic heterocycles. The normalized spacial score (nSPS) is 28.8. The molecule has 294 valence electrons. The fourth-order valence-electron chi connectivity index (χ4n) is 10.6. The minimum absolute atomic E-state index is 0.0425. The first kappa shape index (κ1) is 37.2. The Morgan fingerprint density at radius 3 is 2.20 bits per heavy atom. The minimum Gasteiger partial charge on any atom is -0.444 e. The SMILES string of the molecule is CC(C)(C)OC(=O)N[C@H](C1CC1)[C@H]1CC[C@H](C(=O)N2CC[C@@H](C3CCCCC3)[C@H]2C(=O)Nc2ccc3c(c2)cc2n3C3(CCC(F)(F)CC3)OC2=O)CC1. The van der Waals surface area contributed by atoms with E-state index in [0.717, 1.165) is 76.0 Å². The van der Waals surface area contributed by atoms with Gasteiger partial charge in [-0.25, -0.2) is 18.4 Å². The van der Waals surface area contributed by atoms with Crippen molar-refractivity contribution >= 4 is 40.5 Å². The molecule has 2 aromatic rings. The van der Waals surface area contributed by atoms with Gasteiger partial charge in [-0.2, -0.15) is 0 Å². The van der Waals surface area contributed by atoms with E-state index in [1.807, 2.05) is 37.8 Å². The van der Waals surface area contributed by atoms with Crippen LogP contribution in [-0.2, 0) is 24.8 Å². The number of halogens is 2. The van der Waals surface area contributed by atoms with Crippen LogP contribution in [0.1, 0.15) is 134 Å². The van der Waals surface area contributed by atoms with Crippen molar-refractivity contribution in [2.24, 2.45) is 29.6 Å². The highest BCUT2D eigenvalue weighted by atomic mass is 19.3. The fourth-order valence-corrected chi connectivity index (χ4v) is 10.6. The first-order valence-electron chi connectivity index (χ1n) is 20.6. The quantitative estimate of drug-likeness (QED) is 0.274. The predicted molar refractivity (Wildman–Crippen MR) is 199 cm³/mol. The third kappa shape index (κ3) is 7.34. The van der Waals surface area contributed by atoms with E-state index >= 15 is 0 Å². The highest BCUT2D eigenvalue weighted by Gasteiger charge is 2.53. The molecule has 0 bridgehead atoms. The molecule has 8 rings (SSSR count). The van der Waals surface area contributed by atoms with E-state index in [0.29, 0.717) is 41.2 Å². The predicted octanol–water partition coefficient (Wildman–Crippen LogP) is 8.52. The largest absolute Gasteiger partial charge is 0.444 e. The zero-order chi connectivity index (χ0) is 38.0. The number of aromatic nitrogens is 1. The van der Waals surface area contributed by atoms with Crippen LogP contribution in [0.5, 0.6) is 0 Å². The number of likely N-dealkylation sites (tertiary alicyclic amines) is 1. The van der Waals surface area contributed by atoms with Crippen LogP contribution in [0, 0.1) is 29.6 Å². The highest BCUT2D eigenvalue weighted by molar-refractivity contribution is 6.02. The number of hydrogen-bond acceptors (Lipinski definition) is 6. The summed E-state index contributed by atoms with van der Waals surface area (Å²) in [6, 6.07) is 6.66. The maximum absolute atomic E-state index is 14.4. The van der Waals surface area contributed by atoms with Crippen LogP contribution in [0.25, 0.3) is 10.9 Å². The molecule has 10 nitrogen and oxygen atoms in total. The topological polar surface area (TPSA) is 119 Å². The molecule has 54 heavy (non-hydrogen) atoms. The summed E-state index contributed by atoms with van der Waals surface area (Å²) in [6.45, 7) is 6.17. The molecule has 4 saturated carbocycles. The van der Waals surface area contributed by atoms with Crippen LogP contribution in [0.4, 0.5) is 19.3 Å². The molecule has 3 amide bonds. The molecule has 2 aliphatic heterocycles. The molecule has 6 aliphatic rings. The van der Waals surface area contributed by atoms with Crippen molar-refractivity contribution in [3.63, 3.8) is 0 Å². The van der Waals surface area contributed by atoms with Crippen molar-refractivity contribution in [2.75, 3.05) is 11.9 Å². The van der Waals surface area contributed by atoms with Crippen LogP contribution in [0.2, 0.25) is 0 Å². The summed E-state index contributed by atoms with van der Waals surface area (Å²) in [5.41, 5.74) is -0.0738. The van der Waals surface area contributed by atoms with E-state index < -0.39 is 29.3 Å². The highest BCUT2D eigenvalue weighted by Crippen LogP contribution is 2.49. The van der Waals surface area contributed by atoms with Gasteiger partial charge < -0.3 is 25.0 Å². The molecule has 4 aliphatic carbocycles. The molecule has 3 heterocycles. The van der Waals surface area contributed by atoms with Crippen LogP contribution in [-0.4, -0.2) is 63.5 Å². The summed E-state index contributed by atoms with van der Waals surface area (Å²) in [5.74, 6) is -2.34. The van der Waals surface area contributed by atoms with Crippen molar-refractivity contribution in [2.45, 2.75) is 153 Å². The third-order valence-corrected chi connectivity index (χ3v) is 13.4. The Labute approximate surface area is 316 Å². The average molecular weight is 751 g/mol. The maximum Gasteiger partial charge on any atom is 0.407 e. The number of rotatable bonds is 7. The number of amides is 3. The number of nitrogens with zero attached hydrogens (tertiary/aromatic N) is 2. The second-order valence-corrected chi connectivity index (χ2v) is 18.3. The molecule has 2 N–H and O–H groups in total. The lowest BCUT2D eigenvalue weighted by atomic mass is 9.75. The van der Waals surface area contributed by atoms with Crippen LogP contribution < -0.4 is 10.6 Å². The van der Waals surface area contributed by atoms with Crippen molar-refractivity contribution in [1.29, 1.82) is 0 Å². The standard InChI is InChI=1S/C42H56F2N4O6/c1-40(2,3)54-39(52)46-34(26-9-10-26)27-11-13-28(14-12-27)37(50)47-22-17-31(25-7-5-4-6-8-25)35(47)36(49)45-30-15-16-32-29(23-30)24-33-38(51)53-42(48(32)33)20-18-41(43,44)19-21-42/h15-16,23-28,31,34-35H,4-14,17-22H2,1-3H3,(H,45,49)(H,46,52)/t27-,28-,31-,34+,35-/m0/s1. The van der Waals surface area contributed by atoms with E-state index in [-0.39, 0.29) is 61.5 Å². The summed E-state index contributed by atoms with van der Waals surface area (Å²) >= 11 is 0. The molecule has 1 aromatic carbocycles. The van der Waals surface area contributed by atoms with Gasteiger partial charge in [0.25, 0.3) is 0 Å². The second-order valence-electron chi connectivity index (χ2n) is 18.3. The lowest BCUT2D eigenvalue weighted by Crippen LogP contribution is -2.50. The van der Waals surface area contributed by atoms with Gasteiger partial charge in [0.2, 0.25) is 17.7 Å². The third-order valence-electron chi connectivity index (χ3n) is 13.4. The lowest BCUT2D eigenvalue weighted by Gasteiger charge is -2.38. The van der Waals surface area contributed by atoms with Crippen molar-refractivity contribution < 1.29 is 37.4 Å². The number of nitrogens with one attached hydrogen (secondary N) is 2. The van der Waals surface area contributed by atoms with Gasteiger partial charge in [0.1, 0.15) is 17.3 Å². The molecule has 1 saturated heterocycles. The molecular weight excluding hydrogens is 694 g/mol. The smallest absolute Gasteiger partial charge is 0.407 e. The van der Waals surface area contributed by atoms with Gasteiger partial charge in [-0.05, 0) is 114 Å². The maximum atomic E-state index is 14.4. The van der Waals surface area contributed by atoms with E-state index in [1.165, 1.54) is 6.42 Å². The van der Waals surface area contributed by atoms with Gasteiger partial charge in [0.05, 0.1) is 5.52 Å². The number of alkyl halides is 2. The van der Waals surface area contributed by atoms with Crippen LogP contribution in [0.3, 0.4) is 0 Å². The Hall–Kier alpha value is -3.70. The number of fused-ring (bicyclic) bond motifs is 4. The van der Waals surface area contributed by atoms with Gasteiger partial charge >= 0.3 is 12.1 Å². The Morgan fingerprint density at radius 2 is 1.56 bits per heavy atom. The molecule has 1 spiro atoms. The van der Waals surface area contributed by atoms with E-state index in [1.54, 1.807) is 16.7 Å². The van der Waals surface area contributed by atoms with Gasteiger partial charge in [0, 0.05) is 55.3 Å². The number of carbonyl (C=O) groups excluding carboxylic acids is 4. The molecular formula is C42H56F2N4O6. The van der Waals surface area contributed by atoms with E-state index in [4.69, 9.17) is 9.47 Å². The Bertz CT molecular complexity index is 1770. The monoisotopic (exact) mass is 750 g/mol. The summed E-state index contributed by atoms with van der Waals surface area (Å²) in [5, 5.41) is 7.05. The Balaban J connectivity index is 0.973. The second kappa shape index (κ2) is 14.1. The van der Waals surface area contributed by atoms with Gasteiger partial charge in [-0.15, -0.1) is 0 Å². The molecule has 12 heteroatoms. The average Bonchev–Trinajstić information content (AvgIpc) is 3.65. The van der Waals surface area contributed by atoms with E-state index in [2.05, 4.69) is 10.6 Å². The van der Waals surface area contributed by atoms with Crippen LogP contribution in [0.15, 0.2) is 24.3 Å². The summed E-state index contributed by atoms with van der Waals surface area (Å²) < 4.78 is 41.3. The number of alkyl carbamates (subject to hydrolysis) is 1. The Morgan fingerprint density at radius 1 is 0.889 bits per heavy atom. The zero-order valence-electron chi connectivity index (χ0n) is 32.0. The number of hydrogen-bond donors (Lipinski definition) is 2. The molecule has 3 atom stereocenters. The molecule has 5 fully saturated rings. The zero-order valence-corrected chi connectivity index (χ0v) is 32.0. The van der Waals surface area contributed by atoms with Gasteiger partial charge in [-0.3, -0.25) is 14.2 Å².